The molecule has 0 heterocycles. The zero-order valence-corrected chi connectivity index (χ0v) is 14.3. The number of methoxy groups -OCH3 is 1. The molecule has 2 aromatic carbocycles. The molecule has 126 valence electrons. The van der Waals surface area contributed by atoms with Gasteiger partial charge >= 0.3 is 0 Å². The van der Waals surface area contributed by atoms with Crippen LogP contribution in [0, 0.1) is 0 Å². The van der Waals surface area contributed by atoms with Crippen molar-refractivity contribution in [1.82, 2.24) is 5.32 Å². The first-order valence-electron chi connectivity index (χ1n) is 8.38. The third-order valence-electron chi connectivity index (χ3n) is 4.84. The molecule has 4 heteroatoms. The van der Waals surface area contributed by atoms with Crippen LogP contribution in [0.2, 0.25) is 0 Å². The molecule has 1 atom stereocenters. The minimum atomic E-state index is -0.875. The van der Waals surface area contributed by atoms with Crippen LogP contribution in [-0.4, -0.2) is 20.1 Å². The standard InChI is InChI=1S/C20H24N2O2/c1-21-17-11-9-15(10-12-17)14-22-19(23)20(24-2)13-5-7-16-6-3-4-8-18(16)20/h3-4,6,8-12,21H,5,7,13-14H2,1-2H3,(H,22,23). The first-order chi connectivity index (χ1) is 11.7. The van der Waals surface area contributed by atoms with Gasteiger partial charge in [-0.15, -0.1) is 0 Å². The Balaban J connectivity index is 1.77. The number of carbonyl (C=O) groups excluding carboxylic acids is 1. The number of hydrogen-bond acceptors (Lipinski definition) is 3. The van der Waals surface area contributed by atoms with Gasteiger partial charge in [0.1, 0.15) is 0 Å². The Morgan fingerprint density at radius 1 is 1.17 bits per heavy atom. The monoisotopic (exact) mass is 324 g/mol. The number of benzene rings is 2. The van der Waals surface area contributed by atoms with Crippen LogP contribution in [0.25, 0.3) is 0 Å². The Kier molecular flexibility index (Phi) is 4.86. The van der Waals surface area contributed by atoms with Gasteiger partial charge in [-0.05, 0) is 48.1 Å². The Bertz CT molecular complexity index is 712. The van der Waals surface area contributed by atoms with Gasteiger partial charge in [0.15, 0.2) is 5.60 Å². The van der Waals surface area contributed by atoms with Gasteiger partial charge in [0, 0.05) is 26.4 Å². The lowest BCUT2D eigenvalue weighted by atomic mass is 9.78. The SMILES string of the molecule is CNc1ccc(CNC(=O)C2(OC)CCCc3ccccc32)cc1. The fourth-order valence-corrected chi connectivity index (χ4v) is 3.45. The zero-order valence-electron chi connectivity index (χ0n) is 14.3. The van der Waals surface area contributed by atoms with Gasteiger partial charge in [-0.2, -0.15) is 0 Å². The van der Waals surface area contributed by atoms with Crippen molar-refractivity contribution in [2.75, 3.05) is 19.5 Å². The number of fused-ring (bicyclic) bond motifs is 1. The predicted octanol–water partition coefficient (Wildman–Crippen LogP) is 3.22. The molecule has 1 unspecified atom stereocenters. The Morgan fingerprint density at radius 3 is 2.62 bits per heavy atom. The van der Waals surface area contributed by atoms with Crippen LogP contribution in [0.3, 0.4) is 0 Å². The van der Waals surface area contributed by atoms with Crippen molar-refractivity contribution in [2.45, 2.75) is 31.4 Å². The lowest BCUT2D eigenvalue weighted by molar-refractivity contribution is -0.147. The molecule has 1 amide bonds. The largest absolute Gasteiger partial charge is 0.388 e. The van der Waals surface area contributed by atoms with Crippen LogP contribution >= 0.6 is 0 Å². The summed E-state index contributed by atoms with van der Waals surface area (Å²) in [4.78, 5) is 13.0. The summed E-state index contributed by atoms with van der Waals surface area (Å²) in [7, 11) is 3.52. The molecule has 0 saturated carbocycles. The molecule has 2 N–H and O–H groups in total. The Labute approximate surface area is 143 Å². The molecule has 0 saturated heterocycles. The second-order valence-electron chi connectivity index (χ2n) is 6.17. The van der Waals surface area contributed by atoms with Crippen molar-refractivity contribution in [3.05, 3.63) is 65.2 Å². The van der Waals surface area contributed by atoms with Gasteiger partial charge in [0.2, 0.25) is 0 Å². The summed E-state index contributed by atoms with van der Waals surface area (Å²) in [6.45, 7) is 0.496. The minimum Gasteiger partial charge on any atom is -0.388 e. The number of anilines is 1. The van der Waals surface area contributed by atoms with Crippen LogP contribution < -0.4 is 10.6 Å². The average Bonchev–Trinajstić information content (AvgIpc) is 2.66. The van der Waals surface area contributed by atoms with E-state index in [9.17, 15) is 4.79 Å². The smallest absolute Gasteiger partial charge is 0.257 e. The van der Waals surface area contributed by atoms with Crippen LogP contribution in [-0.2, 0) is 28.1 Å². The fraction of sp³-hybridized carbons (Fsp3) is 0.350. The third kappa shape index (κ3) is 3.02. The maximum absolute atomic E-state index is 13.0. The molecular formula is C20H24N2O2. The van der Waals surface area contributed by atoms with E-state index in [4.69, 9.17) is 4.74 Å². The van der Waals surface area contributed by atoms with Crippen LogP contribution in [0.4, 0.5) is 5.69 Å². The summed E-state index contributed by atoms with van der Waals surface area (Å²) in [6.07, 6.45) is 2.67. The molecule has 2 aromatic rings. The van der Waals surface area contributed by atoms with E-state index in [2.05, 4.69) is 16.7 Å². The summed E-state index contributed by atoms with van der Waals surface area (Å²) in [6, 6.07) is 16.1. The van der Waals surface area contributed by atoms with E-state index in [0.29, 0.717) is 13.0 Å². The lowest BCUT2D eigenvalue weighted by Gasteiger charge is -2.36. The van der Waals surface area contributed by atoms with Crippen molar-refractivity contribution in [1.29, 1.82) is 0 Å². The summed E-state index contributed by atoms with van der Waals surface area (Å²) in [5.41, 5.74) is 3.46. The van der Waals surface area contributed by atoms with E-state index in [1.807, 2.05) is 49.5 Å². The van der Waals surface area contributed by atoms with E-state index in [-0.39, 0.29) is 5.91 Å². The molecule has 1 aliphatic carbocycles. The van der Waals surface area contributed by atoms with Crippen molar-refractivity contribution < 1.29 is 9.53 Å². The first kappa shape index (κ1) is 16.5. The third-order valence-corrected chi connectivity index (χ3v) is 4.84. The highest BCUT2D eigenvalue weighted by Crippen LogP contribution is 2.38. The van der Waals surface area contributed by atoms with E-state index >= 15 is 0 Å². The molecule has 0 bridgehead atoms. The highest BCUT2D eigenvalue weighted by Gasteiger charge is 2.43. The second kappa shape index (κ2) is 7.05. The number of nitrogens with one attached hydrogen (secondary N) is 2. The highest BCUT2D eigenvalue weighted by molar-refractivity contribution is 5.87. The van der Waals surface area contributed by atoms with Gasteiger partial charge < -0.3 is 15.4 Å². The molecule has 24 heavy (non-hydrogen) atoms. The van der Waals surface area contributed by atoms with Crippen molar-refractivity contribution >= 4 is 11.6 Å². The lowest BCUT2D eigenvalue weighted by Crippen LogP contribution is -2.47. The van der Waals surface area contributed by atoms with E-state index in [1.165, 1.54) is 5.56 Å². The van der Waals surface area contributed by atoms with Crippen LogP contribution in [0.1, 0.15) is 29.5 Å². The summed E-state index contributed by atoms with van der Waals surface area (Å²) >= 11 is 0. The number of hydrogen-bond donors (Lipinski definition) is 2. The number of amides is 1. The van der Waals surface area contributed by atoms with E-state index in [1.54, 1.807) is 7.11 Å². The molecule has 0 aliphatic heterocycles. The van der Waals surface area contributed by atoms with Gasteiger partial charge in [-0.3, -0.25) is 4.79 Å². The molecular weight excluding hydrogens is 300 g/mol. The van der Waals surface area contributed by atoms with Gasteiger partial charge in [-0.1, -0.05) is 36.4 Å². The Morgan fingerprint density at radius 2 is 1.92 bits per heavy atom. The molecule has 1 aliphatic rings. The molecule has 4 nitrogen and oxygen atoms in total. The van der Waals surface area contributed by atoms with Gasteiger partial charge in [-0.25, -0.2) is 0 Å². The van der Waals surface area contributed by atoms with E-state index < -0.39 is 5.60 Å². The number of aryl methyl sites for hydroxylation is 1. The molecule has 0 fully saturated rings. The Hall–Kier alpha value is -2.33. The minimum absolute atomic E-state index is 0.0603. The van der Waals surface area contributed by atoms with Crippen molar-refractivity contribution in [3.63, 3.8) is 0 Å². The molecule has 0 aromatic heterocycles. The average molecular weight is 324 g/mol. The van der Waals surface area contributed by atoms with E-state index in [0.717, 1.165) is 29.7 Å². The van der Waals surface area contributed by atoms with Gasteiger partial charge in [0.25, 0.3) is 5.91 Å². The van der Waals surface area contributed by atoms with Crippen LogP contribution in [0.5, 0.6) is 0 Å². The number of rotatable bonds is 5. The molecule has 0 spiro atoms. The summed E-state index contributed by atoms with van der Waals surface area (Å²) < 4.78 is 5.77. The van der Waals surface area contributed by atoms with Gasteiger partial charge in [0.05, 0.1) is 0 Å². The quantitative estimate of drug-likeness (QED) is 0.888. The first-order valence-corrected chi connectivity index (χ1v) is 8.38. The maximum atomic E-state index is 13.0. The summed E-state index contributed by atoms with van der Waals surface area (Å²) in [5.74, 6) is -0.0603. The number of carbonyl (C=O) groups is 1. The number of ether oxygens (including phenoxy) is 1. The second-order valence-corrected chi connectivity index (χ2v) is 6.17. The highest BCUT2D eigenvalue weighted by atomic mass is 16.5. The zero-order chi connectivity index (χ0) is 17.0. The maximum Gasteiger partial charge on any atom is 0.257 e. The van der Waals surface area contributed by atoms with Crippen LogP contribution in [0.15, 0.2) is 48.5 Å². The normalized spacial score (nSPS) is 19.4. The molecule has 3 rings (SSSR count). The fourth-order valence-electron chi connectivity index (χ4n) is 3.45. The predicted molar refractivity (Wildman–Crippen MR) is 95.9 cm³/mol. The van der Waals surface area contributed by atoms with Crippen molar-refractivity contribution in [2.24, 2.45) is 0 Å². The van der Waals surface area contributed by atoms with Crippen molar-refractivity contribution in [3.8, 4) is 0 Å². The topological polar surface area (TPSA) is 50.4 Å². The molecule has 0 radical (unpaired) electrons. The summed E-state index contributed by atoms with van der Waals surface area (Å²) in [5, 5.41) is 6.14.